The quantitative estimate of drug-likeness (QED) is 0.711. The van der Waals surface area contributed by atoms with Crippen molar-refractivity contribution in [2.24, 2.45) is 0 Å². The topological polar surface area (TPSA) is 102 Å². The molecule has 2 aromatic heterocycles. The van der Waals surface area contributed by atoms with E-state index in [9.17, 15) is 13.0 Å². The minimum atomic E-state index is -1.48. The molecule has 0 spiro atoms. The highest BCUT2D eigenvalue weighted by molar-refractivity contribution is 7.86. The van der Waals surface area contributed by atoms with E-state index in [1.165, 1.54) is 12.3 Å². The third-order valence-corrected chi connectivity index (χ3v) is 4.89. The molecule has 0 aliphatic heterocycles. The highest BCUT2D eigenvalue weighted by atomic mass is 32.2. The van der Waals surface area contributed by atoms with E-state index in [4.69, 9.17) is 0 Å². The van der Waals surface area contributed by atoms with Gasteiger partial charge in [0.25, 0.3) is 0 Å². The maximum Gasteiger partial charge on any atom is 0.159 e. The van der Waals surface area contributed by atoms with Crippen molar-refractivity contribution in [3.63, 3.8) is 0 Å². The summed E-state index contributed by atoms with van der Waals surface area (Å²) in [6, 6.07) is 5.81. The van der Waals surface area contributed by atoms with Gasteiger partial charge in [0.05, 0.1) is 23.1 Å². The fourth-order valence-corrected chi connectivity index (χ4v) is 2.92. The highest BCUT2D eigenvalue weighted by Crippen LogP contribution is 2.35. The fraction of sp³-hybridized carbons (Fsp3) is 0.176. The van der Waals surface area contributed by atoms with Gasteiger partial charge in [-0.1, -0.05) is 0 Å². The first-order chi connectivity index (χ1) is 12.0. The Morgan fingerprint density at radius 2 is 1.85 bits per heavy atom. The monoisotopic (exact) mass is 380 g/mol. The first kappa shape index (κ1) is 19.7. The summed E-state index contributed by atoms with van der Waals surface area (Å²) in [4.78, 5) is 3.93. The van der Waals surface area contributed by atoms with E-state index in [2.05, 4.69) is 19.9 Å². The van der Waals surface area contributed by atoms with E-state index < -0.39 is 22.6 Å². The number of benzene rings is 1. The number of H-pyrrole nitrogens is 1. The van der Waals surface area contributed by atoms with Crippen molar-refractivity contribution in [1.29, 1.82) is 0 Å². The van der Waals surface area contributed by atoms with Crippen molar-refractivity contribution in [2.75, 3.05) is 4.72 Å². The normalized spacial score (nSPS) is 11.9. The molecule has 26 heavy (non-hydrogen) atoms. The molecule has 1 unspecified atom stereocenters. The van der Waals surface area contributed by atoms with Gasteiger partial charge in [-0.15, -0.1) is 0 Å². The molecule has 4 N–H and O–H groups in total. The zero-order chi connectivity index (χ0) is 18.0. The second kappa shape index (κ2) is 8.15. The Morgan fingerprint density at radius 1 is 1.15 bits per heavy atom. The highest BCUT2D eigenvalue weighted by Gasteiger charge is 2.21. The van der Waals surface area contributed by atoms with Gasteiger partial charge in [-0.3, -0.25) is 10.1 Å². The van der Waals surface area contributed by atoms with E-state index in [-0.39, 0.29) is 27.7 Å². The zero-order valence-corrected chi connectivity index (χ0v) is 14.9. The van der Waals surface area contributed by atoms with Crippen LogP contribution in [-0.4, -0.2) is 30.1 Å². The van der Waals surface area contributed by atoms with E-state index in [0.29, 0.717) is 5.56 Å². The Morgan fingerprint density at radius 3 is 2.50 bits per heavy atom. The molecule has 138 valence electrons. The molecular weight excluding hydrogens is 362 g/mol. The molecular formula is C17H18F2N4O2S. The smallest absolute Gasteiger partial charge is 0.159 e. The molecule has 0 saturated carbocycles. The second-order valence-corrected chi connectivity index (χ2v) is 7.37. The fourth-order valence-electron chi connectivity index (χ4n) is 2.31. The predicted molar refractivity (Wildman–Crippen MR) is 97.7 cm³/mol. The number of anilines is 1. The number of rotatable bonds is 5. The minimum absolute atomic E-state index is 0. The lowest BCUT2D eigenvalue weighted by Gasteiger charge is -2.13. The largest absolute Gasteiger partial charge is 0.412 e. The van der Waals surface area contributed by atoms with Crippen molar-refractivity contribution < 1.29 is 18.5 Å². The van der Waals surface area contributed by atoms with Crippen molar-refractivity contribution in [2.45, 2.75) is 19.1 Å². The van der Waals surface area contributed by atoms with Crippen molar-refractivity contribution in [1.82, 2.24) is 15.2 Å². The van der Waals surface area contributed by atoms with Crippen LogP contribution in [0.4, 0.5) is 14.5 Å². The SMILES string of the molecule is CC(C)S(=O)Nc1ccc(F)c(-c2[nH]ncc2-c2ccncc2)c1F.O. The maximum absolute atomic E-state index is 14.9. The molecule has 3 rings (SSSR count). The third kappa shape index (κ3) is 3.78. The summed E-state index contributed by atoms with van der Waals surface area (Å²) < 4.78 is 43.8. The second-order valence-electron chi connectivity index (χ2n) is 5.63. The number of hydrogen-bond donors (Lipinski definition) is 2. The zero-order valence-electron chi connectivity index (χ0n) is 14.1. The van der Waals surface area contributed by atoms with Gasteiger partial charge in [-0.25, -0.2) is 13.0 Å². The summed E-state index contributed by atoms with van der Waals surface area (Å²) in [6.45, 7) is 3.48. The molecule has 3 aromatic rings. The summed E-state index contributed by atoms with van der Waals surface area (Å²) in [6.07, 6.45) is 4.67. The molecule has 0 amide bonds. The number of nitrogens with zero attached hydrogens (tertiary/aromatic N) is 2. The van der Waals surface area contributed by atoms with Crippen LogP contribution in [0.5, 0.6) is 0 Å². The van der Waals surface area contributed by atoms with Gasteiger partial charge in [0.15, 0.2) is 5.82 Å². The van der Waals surface area contributed by atoms with E-state index in [0.717, 1.165) is 11.6 Å². The Bertz CT molecular complexity index is 916. The van der Waals surface area contributed by atoms with Crippen LogP contribution in [0.2, 0.25) is 0 Å². The van der Waals surface area contributed by atoms with Gasteiger partial charge < -0.3 is 10.2 Å². The first-order valence-electron chi connectivity index (χ1n) is 7.58. The number of hydrogen-bond acceptors (Lipinski definition) is 3. The lowest BCUT2D eigenvalue weighted by molar-refractivity contribution is 0.591. The van der Waals surface area contributed by atoms with Crippen LogP contribution >= 0.6 is 0 Å². The molecule has 6 nitrogen and oxygen atoms in total. The average Bonchev–Trinajstić information content (AvgIpc) is 3.07. The Kier molecular flexibility index (Phi) is 6.17. The molecule has 0 bridgehead atoms. The van der Waals surface area contributed by atoms with Gasteiger partial charge in [0.2, 0.25) is 0 Å². The number of aromatic amines is 1. The summed E-state index contributed by atoms with van der Waals surface area (Å²) in [5, 5.41) is 6.35. The maximum atomic E-state index is 14.9. The summed E-state index contributed by atoms with van der Waals surface area (Å²) >= 11 is 0. The average molecular weight is 380 g/mol. The molecule has 1 aromatic carbocycles. The molecule has 2 heterocycles. The summed E-state index contributed by atoms with van der Waals surface area (Å²) in [7, 11) is -1.48. The van der Waals surface area contributed by atoms with Crippen LogP contribution < -0.4 is 4.72 Å². The molecule has 0 saturated heterocycles. The molecule has 1 atom stereocenters. The van der Waals surface area contributed by atoms with Crippen LogP contribution in [0.25, 0.3) is 22.4 Å². The predicted octanol–water partition coefficient (Wildman–Crippen LogP) is 3.08. The van der Waals surface area contributed by atoms with Gasteiger partial charge >= 0.3 is 0 Å². The number of nitrogens with one attached hydrogen (secondary N) is 2. The van der Waals surface area contributed by atoms with Crippen LogP contribution in [0, 0.1) is 11.6 Å². The Labute approximate surface area is 151 Å². The minimum Gasteiger partial charge on any atom is -0.412 e. The lowest BCUT2D eigenvalue weighted by Crippen LogP contribution is -2.15. The van der Waals surface area contributed by atoms with Crippen molar-refractivity contribution >= 4 is 16.7 Å². The Balaban J connectivity index is 0.00000243. The van der Waals surface area contributed by atoms with E-state index in [1.54, 1.807) is 38.4 Å². The number of aromatic nitrogens is 3. The molecule has 0 fully saturated rings. The summed E-state index contributed by atoms with van der Waals surface area (Å²) in [5.74, 6) is -1.56. The van der Waals surface area contributed by atoms with Crippen molar-refractivity contribution in [3.8, 4) is 22.4 Å². The van der Waals surface area contributed by atoms with Crippen molar-refractivity contribution in [3.05, 3.63) is 54.5 Å². The first-order valence-corrected chi connectivity index (χ1v) is 8.79. The van der Waals surface area contributed by atoms with Crippen LogP contribution in [0.1, 0.15) is 13.8 Å². The van der Waals surface area contributed by atoms with Gasteiger partial charge in [0.1, 0.15) is 16.8 Å². The van der Waals surface area contributed by atoms with Crippen LogP contribution in [-0.2, 0) is 11.0 Å². The van der Waals surface area contributed by atoms with E-state index >= 15 is 0 Å². The molecule has 0 aliphatic rings. The van der Waals surface area contributed by atoms with Crippen LogP contribution in [0.3, 0.4) is 0 Å². The van der Waals surface area contributed by atoms with Crippen LogP contribution in [0.15, 0.2) is 42.9 Å². The standard InChI is InChI=1S/C17H16F2N4OS.H2O/c1-10(2)25(24)23-14-4-3-13(18)15(16(14)19)17-12(9-21-22-17)11-5-7-20-8-6-11;/h3-10,23H,1-2H3,(H,21,22);1H2. The van der Waals surface area contributed by atoms with Gasteiger partial charge in [-0.05, 0) is 43.7 Å². The molecule has 0 aliphatic carbocycles. The summed E-state index contributed by atoms with van der Waals surface area (Å²) in [5.41, 5.74) is 1.19. The molecule has 0 radical (unpaired) electrons. The lowest BCUT2D eigenvalue weighted by atomic mass is 10.0. The van der Waals surface area contributed by atoms with Gasteiger partial charge in [-0.2, -0.15) is 5.10 Å². The van der Waals surface area contributed by atoms with Gasteiger partial charge in [0, 0.05) is 23.2 Å². The van der Waals surface area contributed by atoms with E-state index in [1.807, 2.05) is 0 Å². The Hall–Kier alpha value is -2.65. The number of halogens is 2. The number of pyridine rings is 1. The third-order valence-electron chi connectivity index (χ3n) is 3.61. The molecule has 9 heteroatoms.